The van der Waals surface area contributed by atoms with E-state index in [4.69, 9.17) is 9.47 Å². The molecule has 138 valence electrons. The average molecular weight is 348 g/mol. The highest BCUT2D eigenvalue weighted by Crippen LogP contribution is 2.21. The molecule has 7 nitrogen and oxygen atoms in total. The fraction of sp³-hybridized carbons (Fsp3) is 0.667. The number of likely N-dealkylation sites (tertiary alicyclic amines) is 1. The third kappa shape index (κ3) is 4.48. The first-order chi connectivity index (χ1) is 12.2. The van der Waals surface area contributed by atoms with Crippen LogP contribution in [0.25, 0.3) is 0 Å². The molecule has 0 unspecified atom stereocenters. The highest BCUT2D eigenvalue weighted by molar-refractivity contribution is 5.79. The normalized spacial score (nSPS) is 24.7. The smallest absolute Gasteiger partial charge is 0.237 e. The maximum Gasteiger partial charge on any atom is 0.237 e. The molecule has 0 aromatic carbocycles. The molecule has 0 N–H and O–H groups in total. The Hall–Kier alpha value is -1.70. The molecule has 3 heterocycles. The summed E-state index contributed by atoms with van der Waals surface area (Å²) in [6, 6.07) is 6.09. The molecule has 0 aliphatic carbocycles. The van der Waals surface area contributed by atoms with Crippen LogP contribution in [0.3, 0.4) is 0 Å². The van der Waals surface area contributed by atoms with Crippen LogP contribution in [0.2, 0.25) is 0 Å². The molecule has 7 heteroatoms. The number of pyridine rings is 1. The maximum atomic E-state index is 12.8. The van der Waals surface area contributed by atoms with E-state index in [0.717, 1.165) is 38.4 Å². The van der Waals surface area contributed by atoms with E-state index in [2.05, 4.69) is 14.8 Å². The molecular formula is C18H28N4O3. The number of methoxy groups -OCH3 is 2. The second-order valence-electron chi connectivity index (χ2n) is 6.70. The molecule has 2 aliphatic heterocycles. The van der Waals surface area contributed by atoms with Crippen molar-refractivity contribution >= 4 is 11.7 Å². The quantitative estimate of drug-likeness (QED) is 0.745. The summed E-state index contributed by atoms with van der Waals surface area (Å²) in [5.74, 6) is 1.18. The Balaban J connectivity index is 1.50. The highest BCUT2D eigenvalue weighted by atomic mass is 16.5. The number of aromatic nitrogens is 1. The molecule has 2 fully saturated rings. The monoisotopic (exact) mass is 348 g/mol. The zero-order valence-corrected chi connectivity index (χ0v) is 15.1. The third-order valence-corrected chi connectivity index (χ3v) is 5.09. The third-order valence-electron chi connectivity index (χ3n) is 5.09. The lowest BCUT2D eigenvalue weighted by Crippen LogP contribution is -2.51. The zero-order chi connectivity index (χ0) is 17.6. The number of carbonyl (C=O) groups is 1. The number of rotatable bonds is 6. The standard InChI is InChI=1S/C18H28N4O3/c1-24-14-15-11-16(25-2)12-22(15)18(23)13-20-7-9-21(10-8-20)17-5-3-4-6-19-17/h3-6,15-16H,7-14H2,1-2H3/t15-,16-/m0/s1. The number of anilines is 1. The van der Waals surface area contributed by atoms with Gasteiger partial charge >= 0.3 is 0 Å². The van der Waals surface area contributed by atoms with Crippen molar-refractivity contribution in [1.29, 1.82) is 0 Å². The first kappa shape index (κ1) is 18.1. The average Bonchev–Trinajstić information content (AvgIpc) is 3.07. The number of nitrogens with zero attached hydrogens (tertiary/aromatic N) is 4. The van der Waals surface area contributed by atoms with Gasteiger partial charge in [-0.2, -0.15) is 0 Å². The van der Waals surface area contributed by atoms with Gasteiger partial charge in [-0.1, -0.05) is 6.07 Å². The lowest BCUT2D eigenvalue weighted by molar-refractivity contribution is -0.134. The molecule has 2 atom stereocenters. The van der Waals surface area contributed by atoms with Crippen molar-refractivity contribution in [3.63, 3.8) is 0 Å². The van der Waals surface area contributed by atoms with E-state index >= 15 is 0 Å². The van der Waals surface area contributed by atoms with Crippen LogP contribution in [0, 0.1) is 0 Å². The Morgan fingerprint density at radius 2 is 2.04 bits per heavy atom. The molecule has 2 saturated heterocycles. The Morgan fingerprint density at radius 1 is 1.24 bits per heavy atom. The van der Waals surface area contributed by atoms with Gasteiger partial charge in [0.25, 0.3) is 0 Å². The van der Waals surface area contributed by atoms with Gasteiger partial charge in [0, 0.05) is 53.1 Å². The lowest BCUT2D eigenvalue weighted by atomic mass is 10.2. The number of hydrogen-bond donors (Lipinski definition) is 0. The topological polar surface area (TPSA) is 58.1 Å². The second-order valence-corrected chi connectivity index (χ2v) is 6.70. The van der Waals surface area contributed by atoms with Crippen LogP contribution in [0.5, 0.6) is 0 Å². The fourth-order valence-electron chi connectivity index (χ4n) is 3.66. The number of piperazine rings is 1. The van der Waals surface area contributed by atoms with Crippen molar-refractivity contribution in [2.75, 3.05) is 65.0 Å². The van der Waals surface area contributed by atoms with Gasteiger partial charge in [0.2, 0.25) is 5.91 Å². The Kier molecular flexibility index (Phi) is 6.23. The molecule has 0 saturated carbocycles. The molecule has 2 aliphatic rings. The van der Waals surface area contributed by atoms with Gasteiger partial charge in [-0.05, 0) is 18.6 Å². The van der Waals surface area contributed by atoms with Gasteiger partial charge in [-0.3, -0.25) is 9.69 Å². The van der Waals surface area contributed by atoms with Crippen molar-refractivity contribution in [2.45, 2.75) is 18.6 Å². The van der Waals surface area contributed by atoms with Crippen LogP contribution in [0.15, 0.2) is 24.4 Å². The second kappa shape index (κ2) is 8.60. The van der Waals surface area contributed by atoms with Gasteiger partial charge in [-0.15, -0.1) is 0 Å². The molecular weight excluding hydrogens is 320 g/mol. The van der Waals surface area contributed by atoms with Crippen molar-refractivity contribution in [3.8, 4) is 0 Å². The van der Waals surface area contributed by atoms with Crippen LogP contribution >= 0.6 is 0 Å². The summed E-state index contributed by atoms with van der Waals surface area (Å²) in [6.07, 6.45) is 2.79. The van der Waals surface area contributed by atoms with Crippen molar-refractivity contribution in [3.05, 3.63) is 24.4 Å². The van der Waals surface area contributed by atoms with E-state index in [0.29, 0.717) is 19.7 Å². The Bertz CT molecular complexity index is 549. The molecule has 1 aromatic heterocycles. The Labute approximate surface area is 149 Å². The van der Waals surface area contributed by atoms with Crippen LogP contribution in [0.4, 0.5) is 5.82 Å². The minimum Gasteiger partial charge on any atom is -0.383 e. The first-order valence-electron chi connectivity index (χ1n) is 8.90. The van der Waals surface area contributed by atoms with Crippen LogP contribution in [-0.4, -0.2) is 92.9 Å². The van der Waals surface area contributed by atoms with E-state index in [1.807, 2.05) is 29.3 Å². The van der Waals surface area contributed by atoms with Gasteiger partial charge < -0.3 is 19.3 Å². The minimum absolute atomic E-state index is 0.116. The summed E-state index contributed by atoms with van der Waals surface area (Å²) >= 11 is 0. The number of carbonyl (C=O) groups excluding carboxylic acids is 1. The largest absolute Gasteiger partial charge is 0.383 e. The molecule has 1 amide bonds. The molecule has 0 spiro atoms. The van der Waals surface area contributed by atoms with Crippen LogP contribution in [0.1, 0.15) is 6.42 Å². The Morgan fingerprint density at radius 3 is 2.68 bits per heavy atom. The summed E-state index contributed by atoms with van der Waals surface area (Å²) < 4.78 is 10.7. The van der Waals surface area contributed by atoms with Crippen molar-refractivity contribution < 1.29 is 14.3 Å². The number of amides is 1. The van der Waals surface area contributed by atoms with Crippen LogP contribution in [-0.2, 0) is 14.3 Å². The maximum absolute atomic E-state index is 12.8. The highest BCUT2D eigenvalue weighted by Gasteiger charge is 2.35. The predicted octanol–water partition coefficient (Wildman–Crippen LogP) is 0.466. The minimum atomic E-state index is 0.116. The molecule has 25 heavy (non-hydrogen) atoms. The lowest BCUT2D eigenvalue weighted by Gasteiger charge is -2.36. The molecule has 1 aromatic rings. The van der Waals surface area contributed by atoms with Crippen LogP contribution < -0.4 is 4.90 Å². The van der Waals surface area contributed by atoms with E-state index in [-0.39, 0.29) is 18.1 Å². The predicted molar refractivity (Wildman–Crippen MR) is 95.7 cm³/mol. The number of ether oxygens (including phenoxy) is 2. The van der Waals surface area contributed by atoms with Crippen molar-refractivity contribution in [1.82, 2.24) is 14.8 Å². The summed E-state index contributed by atoms with van der Waals surface area (Å²) in [5, 5.41) is 0. The summed E-state index contributed by atoms with van der Waals surface area (Å²) in [4.78, 5) is 23.6. The summed E-state index contributed by atoms with van der Waals surface area (Å²) in [6.45, 7) is 5.24. The first-order valence-corrected chi connectivity index (χ1v) is 8.90. The van der Waals surface area contributed by atoms with Gasteiger partial charge in [0.1, 0.15) is 5.82 Å². The molecule has 0 bridgehead atoms. The van der Waals surface area contributed by atoms with Gasteiger partial charge in [0.15, 0.2) is 0 Å². The van der Waals surface area contributed by atoms with E-state index < -0.39 is 0 Å². The van der Waals surface area contributed by atoms with Crippen molar-refractivity contribution in [2.24, 2.45) is 0 Å². The summed E-state index contributed by atoms with van der Waals surface area (Å²) in [5.41, 5.74) is 0. The SMILES string of the molecule is COC[C@@H]1C[C@H](OC)CN1C(=O)CN1CCN(c2ccccn2)CC1. The summed E-state index contributed by atoms with van der Waals surface area (Å²) in [7, 11) is 3.39. The van der Waals surface area contributed by atoms with Gasteiger partial charge in [-0.25, -0.2) is 4.98 Å². The van der Waals surface area contributed by atoms with E-state index in [9.17, 15) is 4.79 Å². The zero-order valence-electron chi connectivity index (χ0n) is 15.1. The fourth-order valence-corrected chi connectivity index (χ4v) is 3.66. The molecule has 0 radical (unpaired) electrons. The van der Waals surface area contributed by atoms with E-state index in [1.54, 1.807) is 14.2 Å². The van der Waals surface area contributed by atoms with Gasteiger partial charge in [0.05, 0.1) is 25.3 Å². The molecule has 3 rings (SSSR count). The van der Waals surface area contributed by atoms with E-state index in [1.165, 1.54) is 0 Å². The number of hydrogen-bond acceptors (Lipinski definition) is 6.